The molecule has 1 N–H and O–H groups in total. The highest BCUT2D eigenvalue weighted by Crippen LogP contribution is 2.34. The van der Waals surface area contributed by atoms with Crippen molar-refractivity contribution < 1.29 is 5.11 Å². The van der Waals surface area contributed by atoms with E-state index in [0.29, 0.717) is 5.69 Å². The second kappa shape index (κ2) is 4.77. The summed E-state index contributed by atoms with van der Waals surface area (Å²) >= 11 is 0. The molecule has 0 aliphatic heterocycles. The highest BCUT2D eigenvalue weighted by atomic mass is 16.3. The van der Waals surface area contributed by atoms with E-state index in [1.807, 2.05) is 6.07 Å². The Hall–Kier alpha value is -2.89. The first kappa shape index (κ1) is 11.2. The predicted molar refractivity (Wildman–Crippen MR) is 69.6 cm³/mol. The van der Waals surface area contributed by atoms with Gasteiger partial charge in [0, 0.05) is 24.0 Å². The van der Waals surface area contributed by atoms with Gasteiger partial charge in [-0.2, -0.15) is 0 Å². The monoisotopic (exact) mass is 251 g/mol. The molecule has 2 heterocycles. The van der Waals surface area contributed by atoms with E-state index in [2.05, 4.69) is 25.2 Å². The summed E-state index contributed by atoms with van der Waals surface area (Å²) in [6, 6.07) is 8.55. The molecule has 3 aromatic rings. The van der Waals surface area contributed by atoms with Gasteiger partial charge in [-0.25, -0.2) is 9.97 Å². The van der Waals surface area contributed by atoms with E-state index >= 15 is 0 Å². The van der Waals surface area contributed by atoms with Crippen LogP contribution in [0.5, 0.6) is 5.75 Å². The number of aromatic hydroxyl groups is 1. The number of hydrogen-bond donors (Lipinski definition) is 1. The third-order valence-electron chi connectivity index (χ3n) is 2.53. The Morgan fingerprint density at radius 2 is 1.63 bits per heavy atom. The van der Waals surface area contributed by atoms with Crippen molar-refractivity contribution in [3.05, 3.63) is 48.9 Å². The Bertz CT molecular complexity index is 742. The Labute approximate surface area is 108 Å². The first-order valence-electron chi connectivity index (χ1n) is 5.60. The number of phenols is 1. The minimum absolute atomic E-state index is 0.0418. The first-order chi connectivity index (χ1) is 9.34. The molecule has 0 spiro atoms. The van der Waals surface area contributed by atoms with E-state index in [0.717, 1.165) is 10.9 Å². The largest absolute Gasteiger partial charge is 0.506 e. The fraction of sp³-hybridized carbons (Fsp3) is 0. The molecule has 6 heteroatoms. The third kappa shape index (κ3) is 2.23. The van der Waals surface area contributed by atoms with Crippen molar-refractivity contribution in [1.29, 1.82) is 0 Å². The number of azo groups is 1. The SMILES string of the molecule is Oc1ccc2ncccc2c1N=Nc1ncccn1. The average molecular weight is 251 g/mol. The fourth-order valence-electron chi connectivity index (χ4n) is 1.67. The highest BCUT2D eigenvalue weighted by molar-refractivity contribution is 5.92. The summed E-state index contributed by atoms with van der Waals surface area (Å²) < 4.78 is 0. The molecule has 0 aliphatic carbocycles. The van der Waals surface area contributed by atoms with Crippen molar-refractivity contribution in [2.45, 2.75) is 0 Å². The van der Waals surface area contributed by atoms with Crippen molar-refractivity contribution in [2.24, 2.45) is 10.2 Å². The minimum atomic E-state index is 0.0418. The number of pyridine rings is 1. The molecule has 0 radical (unpaired) electrons. The minimum Gasteiger partial charge on any atom is -0.506 e. The number of benzene rings is 1. The van der Waals surface area contributed by atoms with Gasteiger partial charge in [0.05, 0.1) is 5.52 Å². The quantitative estimate of drug-likeness (QED) is 0.709. The normalized spacial score (nSPS) is 11.2. The average Bonchev–Trinajstić information content (AvgIpc) is 2.47. The predicted octanol–water partition coefficient (Wildman–Crippen LogP) is 3.15. The maximum absolute atomic E-state index is 9.86. The summed E-state index contributed by atoms with van der Waals surface area (Å²) in [5, 5.41) is 18.5. The Morgan fingerprint density at radius 3 is 2.47 bits per heavy atom. The molecule has 0 aliphatic rings. The van der Waals surface area contributed by atoms with Gasteiger partial charge < -0.3 is 5.11 Å². The fourth-order valence-corrected chi connectivity index (χ4v) is 1.67. The lowest BCUT2D eigenvalue weighted by molar-refractivity contribution is 0.477. The van der Waals surface area contributed by atoms with Crippen LogP contribution in [0.15, 0.2) is 59.2 Å². The van der Waals surface area contributed by atoms with Gasteiger partial charge in [0.15, 0.2) is 0 Å². The van der Waals surface area contributed by atoms with Crippen molar-refractivity contribution in [2.75, 3.05) is 0 Å². The number of nitrogens with zero attached hydrogens (tertiary/aromatic N) is 5. The summed E-state index contributed by atoms with van der Waals surface area (Å²) in [5.74, 6) is 0.281. The van der Waals surface area contributed by atoms with Crippen LogP contribution in [0.1, 0.15) is 0 Å². The molecule has 0 fully saturated rings. The topological polar surface area (TPSA) is 83.6 Å². The van der Waals surface area contributed by atoms with Gasteiger partial charge in [-0.3, -0.25) is 4.98 Å². The number of phenolic OH excluding ortho intramolecular Hbond substituents is 1. The summed E-state index contributed by atoms with van der Waals surface area (Å²) in [7, 11) is 0. The van der Waals surface area contributed by atoms with Crippen LogP contribution in [0.3, 0.4) is 0 Å². The van der Waals surface area contributed by atoms with Crippen LogP contribution in [0.4, 0.5) is 11.6 Å². The van der Waals surface area contributed by atoms with Crippen LogP contribution in [0.25, 0.3) is 10.9 Å². The molecule has 0 unspecified atom stereocenters. The lowest BCUT2D eigenvalue weighted by Crippen LogP contribution is -1.79. The van der Waals surface area contributed by atoms with Gasteiger partial charge in [0.1, 0.15) is 11.4 Å². The van der Waals surface area contributed by atoms with Gasteiger partial charge in [0.25, 0.3) is 5.95 Å². The second-order valence-corrected chi connectivity index (χ2v) is 3.75. The summed E-state index contributed by atoms with van der Waals surface area (Å²) in [4.78, 5) is 12.1. The molecule has 92 valence electrons. The molecule has 0 saturated heterocycles. The van der Waals surface area contributed by atoms with E-state index in [-0.39, 0.29) is 11.7 Å². The van der Waals surface area contributed by atoms with E-state index < -0.39 is 0 Å². The number of rotatable bonds is 2. The smallest absolute Gasteiger partial charge is 0.268 e. The van der Waals surface area contributed by atoms with Crippen molar-refractivity contribution >= 4 is 22.5 Å². The van der Waals surface area contributed by atoms with E-state index in [1.165, 1.54) is 6.07 Å². The van der Waals surface area contributed by atoms with Gasteiger partial charge in [-0.1, -0.05) is 0 Å². The van der Waals surface area contributed by atoms with Gasteiger partial charge in [0.2, 0.25) is 0 Å². The molecule has 6 nitrogen and oxygen atoms in total. The van der Waals surface area contributed by atoms with E-state index in [4.69, 9.17) is 0 Å². The zero-order valence-electron chi connectivity index (χ0n) is 9.80. The standard InChI is InChI=1S/C13H9N5O/c19-11-5-4-10-9(3-1-6-14-10)12(11)17-18-13-15-7-2-8-16-13/h1-8,19H. The van der Waals surface area contributed by atoms with Crippen LogP contribution < -0.4 is 0 Å². The molecule has 0 bridgehead atoms. The molecule has 0 saturated carbocycles. The van der Waals surface area contributed by atoms with Crippen LogP contribution in [-0.4, -0.2) is 20.1 Å². The molecule has 0 amide bonds. The molecule has 0 atom stereocenters. The molecule has 19 heavy (non-hydrogen) atoms. The van der Waals surface area contributed by atoms with Crippen molar-refractivity contribution in [3.8, 4) is 5.75 Å². The Balaban J connectivity index is 2.10. The number of aromatic nitrogens is 3. The second-order valence-electron chi connectivity index (χ2n) is 3.75. The molecular weight excluding hydrogens is 242 g/mol. The summed E-state index contributed by atoms with van der Waals surface area (Å²) in [5.41, 5.74) is 1.10. The number of hydrogen-bond acceptors (Lipinski definition) is 6. The maximum Gasteiger partial charge on any atom is 0.268 e. The molecule has 2 aromatic heterocycles. The van der Waals surface area contributed by atoms with Gasteiger partial charge in [-0.15, -0.1) is 10.2 Å². The van der Waals surface area contributed by atoms with Crippen molar-refractivity contribution in [1.82, 2.24) is 15.0 Å². The summed E-state index contributed by atoms with van der Waals surface area (Å²) in [6.07, 6.45) is 4.83. The third-order valence-corrected chi connectivity index (χ3v) is 2.53. The van der Waals surface area contributed by atoms with E-state index in [9.17, 15) is 5.11 Å². The van der Waals surface area contributed by atoms with Crippen LogP contribution >= 0.6 is 0 Å². The molecule has 1 aromatic carbocycles. The van der Waals surface area contributed by atoms with Crippen molar-refractivity contribution in [3.63, 3.8) is 0 Å². The van der Waals surface area contributed by atoms with E-state index in [1.54, 1.807) is 36.8 Å². The first-order valence-corrected chi connectivity index (χ1v) is 5.60. The maximum atomic E-state index is 9.86. The lowest BCUT2D eigenvalue weighted by Gasteiger charge is -2.02. The van der Waals surface area contributed by atoms with Crippen LogP contribution in [0.2, 0.25) is 0 Å². The lowest BCUT2D eigenvalue weighted by atomic mass is 10.2. The van der Waals surface area contributed by atoms with Gasteiger partial charge >= 0.3 is 0 Å². The van der Waals surface area contributed by atoms with Crippen LogP contribution in [-0.2, 0) is 0 Å². The molecule has 3 rings (SSSR count). The van der Waals surface area contributed by atoms with Crippen LogP contribution in [0, 0.1) is 0 Å². The molecular formula is C13H9N5O. The summed E-state index contributed by atoms with van der Waals surface area (Å²) in [6.45, 7) is 0. The number of fused-ring (bicyclic) bond motifs is 1. The van der Waals surface area contributed by atoms with Gasteiger partial charge in [-0.05, 0) is 30.3 Å². The Kier molecular flexibility index (Phi) is 2.82. The Morgan fingerprint density at radius 1 is 0.842 bits per heavy atom. The zero-order valence-corrected chi connectivity index (χ0v) is 9.80. The highest BCUT2D eigenvalue weighted by Gasteiger charge is 2.06. The zero-order chi connectivity index (χ0) is 13.1.